The number of ether oxygens (including phenoxy) is 1. The highest BCUT2D eigenvalue weighted by atomic mass is 19.1. The number of halogens is 1. The summed E-state index contributed by atoms with van der Waals surface area (Å²) in [5.74, 6) is -1.71. The van der Waals surface area contributed by atoms with E-state index in [4.69, 9.17) is 4.74 Å². The molecule has 0 aromatic heterocycles. The SMILES string of the molecule is C=CCOc1cccc([C@@H]2C(=C(O)c3ccc(F)cc3)C(=O)C(=O)N2CCN(C)C)c1. The topological polar surface area (TPSA) is 70.1 Å². The van der Waals surface area contributed by atoms with Crippen molar-refractivity contribution in [1.82, 2.24) is 9.80 Å². The normalized spacial score (nSPS) is 17.9. The quantitative estimate of drug-likeness (QED) is 0.305. The van der Waals surface area contributed by atoms with Gasteiger partial charge in [-0.2, -0.15) is 0 Å². The lowest BCUT2D eigenvalue weighted by atomic mass is 9.95. The molecule has 0 unspecified atom stereocenters. The molecule has 3 rings (SSSR count). The monoisotopic (exact) mass is 424 g/mol. The minimum absolute atomic E-state index is 0.0313. The number of Topliss-reactive ketones (excluding diaryl/α,β-unsaturated/α-hetero) is 1. The van der Waals surface area contributed by atoms with Gasteiger partial charge in [-0.3, -0.25) is 9.59 Å². The van der Waals surface area contributed by atoms with Crippen molar-refractivity contribution in [2.24, 2.45) is 0 Å². The average Bonchev–Trinajstić information content (AvgIpc) is 3.01. The molecule has 1 amide bonds. The Morgan fingerprint density at radius 2 is 1.94 bits per heavy atom. The molecule has 1 aliphatic rings. The number of ketones is 1. The molecule has 2 aromatic rings. The highest BCUT2D eigenvalue weighted by Crippen LogP contribution is 2.40. The zero-order valence-electron chi connectivity index (χ0n) is 17.5. The number of likely N-dealkylation sites (N-methyl/N-ethyl adjacent to an activating group) is 1. The number of carbonyl (C=O) groups is 2. The summed E-state index contributed by atoms with van der Waals surface area (Å²) >= 11 is 0. The van der Waals surface area contributed by atoms with Gasteiger partial charge in [-0.25, -0.2) is 4.39 Å². The smallest absolute Gasteiger partial charge is 0.295 e. The highest BCUT2D eigenvalue weighted by molar-refractivity contribution is 6.46. The maximum atomic E-state index is 13.3. The molecule has 0 saturated carbocycles. The molecule has 1 atom stereocenters. The van der Waals surface area contributed by atoms with Gasteiger partial charge in [0.1, 0.15) is 23.9 Å². The van der Waals surface area contributed by atoms with E-state index in [9.17, 15) is 19.1 Å². The molecule has 6 nitrogen and oxygen atoms in total. The van der Waals surface area contributed by atoms with Gasteiger partial charge >= 0.3 is 0 Å². The molecule has 0 radical (unpaired) electrons. The van der Waals surface area contributed by atoms with Crippen molar-refractivity contribution in [3.05, 3.63) is 83.7 Å². The van der Waals surface area contributed by atoms with Gasteiger partial charge < -0.3 is 19.6 Å². The number of aliphatic hydroxyl groups is 1. The van der Waals surface area contributed by atoms with Crippen LogP contribution >= 0.6 is 0 Å². The van der Waals surface area contributed by atoms with E-state index >= 15 is 0 Å². The third-order valence-electron chi connectivity index (χ3n) is 4.99. The van der Waals surface area contributed by atoms with E-state index in [2.05, 4.69) is 6.58 Å². The minimum atomic E-state index is -0.794. The highest BCUT2D eigenvalue weighted by Gasteiger charge is 2.46. The molecule has 1 aliphatic heterocycles. The maximum Gasteiger partial charge on any atom is 0.295 e. The first-order chi connectivity index (χ1) is 14.8. The number of benzene rings is 2. The third-order valence-corrected chi connectivity index (χ3v) is 4.99. The van der Waals surface area contributed by atoms with E-state index in [1.807, 2.05) is 19.0 Å². The Morgan fingerprint density at radius 1 is 1.23 bits per heavy atom. The van der Waals surface area contributed by atoms with Gasteiger partial charge in [0, 0.05) is 18.7 Å². The van der Waals surface area contributed by atoms with Crippen molar-refractivity contribution < 1.29 is 23.8 Å². The van der Waals surface area contributed by atoms with Crippen LogP contribution in [-0.2, 0) is 9.59 Å². The predicted molar refractivity (Wildman–Crippen MR) is 116 cm³/mol. The number of likely N-dealkylation sites (tertiary alicyclic amines) is 1. The second-order valence-corrected chi connectivity index (χ2v) is 7.47. The molecule has 1 heterocycles. The van der Waals surface area contributed by atoms with Gasteiger partial charge in [0.25, 0.3) is 11.7 Å². The van der Waals surface area contributed by atoms with Gasteiger partial charge in [-0.05, 0) is 56.1 Å². The molecular weight excluding hydrogens is 399 g/mol. The largest absolute Gasteiger partial charge is 0.507 e. The fourth-order valence-electron chi connectivity index (χ4n) is 3.46. The van der Waals surface area contributed by atoms with Crippen LogP contribution < -0.4 is 4.74 Å². The Hall–Kier alpha value is -3.45. The lowest BCUT2D eigenvalue weighted by Gasteiger charge is -2.26. The van der Waals surface area contributed by atoms with Crippen LogP contribution in [0.2, 0.25) is 0 Å². The summed E-state index contributed by atoms with van der Waals surface area (Å²) in [5, 5.41) is 10.9. The molecule has 0 spiro atoms. The van der Waals surface area contributed by atoms with E-state index in [0.717, 1.165) is 0 Å². The van der Waals surface area contributed by atoms with E-state index in [1.54, 1.807) is 30.3 Å². The molecular formula is C24H25FN2O4. The van der Waals surface area contributed by atoms with Crippen molar-refractivity contribution in [2.45, 2.75) is 6.04 Å². The molecule has 1 saturated heterocycles. The average molecular weight is 424 g/mol. The van der Waals surface area contributed by atoms with Crippen molar-refractivity contribution >= 4 is 17.4 Å². The van der Waals surface area contributed by atoms with Crippen molar-refractivity contribution in [3.63, 3.8) is 0 Å². The van der Waals surface area contributed by atoms with E-state index < -0.39 is 23.5 Å². The van der Waals surface area contributed by atoms with Gasteiger partial charge in [0.2, 0.25) is 0 Å². The summed E-state index contributed by atoms with van der Waals surface area (Å²) < 4.78 is 18.9. The molecule has 1 N–H and O–H groups in total. The zero-order valence-corrected chi connectivity index (χ0v) is 17.5. The number of amides is 1. The molecule has 31 heavy (non-hydrogen) atoms. The number of rotatable bonds is 8. The lowest BCUT2D eigenvalue weighted by Crippen LogP contribution is -2.35. The number of carbonyl (C=O) groups excluding carboxylic acids is 2. The predicted octanol–water partition coefficient (Wildman–Crippen LogP) is 3.37. The van der Waals surface area contributed by atoms with Gasteiger partial charge in [-0.1, -0.05) is 24.8 Å². The first-order valence-corrected chi connectivity index (χ1v) is 9.86. The van der Waals surface area contributed by atoms with Crippen LogP contribution in [0.25, 0.3) is 5.76 Å². The van der Waals surface area contributed by atoms with Crippen LogP contribution in [0.1, 0.15) is 17.2 Å². The summed E-state index contributed by atoms with van der Waals surface area (Å²) in [5.41, 5.74) is 0.857. The number of hydrogen-bond acceptors (Lipinski definition) is 5. The fourth-order valence-corrected chi connectivity index (χ4v) is 3.46. The first kappa shape index (κ1) is 22.2. The molecule has 1 fully saturated rings. The maximum absolute atomic E-state index is 13.3. The lowest BCUT2D eigenvalue weighted by molar-refractivity contribution is -0.140. The van der Waals surface area contributed by atoms with E-state index in [1.165, 1.54) is 29.2 Å². The van der Waals surface area contributed by atoms with E-state index in [-0.39, 0.29) is 16.9 Å². The van der Waals surface area contributed by atoms with Gasteiger partial charge in [0.05, 0.1) is 11.6 Å². The second kappa shape index (κ2) is 9.57. The summed E-state index contributed by atoms with van der Waals surface area (Å²) in [4.78, 5) is 29.2. The van der Waals surface area contributed by atoms with Crippen LogP contribution in [0.3, 0.4) is 0 Å². The number of nitrogens with zero attached hydrogens (tertiary/aromatic N) is 2. The Labute approximate surface area is 180 Å². The Balaban J connectivity index is 2.12. The summed E-state index contributed by atoms with van der Waals surface area (Å²) in [6.07, 6.45) is 1.62. The van der Waals surface area contributed by atoms with Crippen LogP contribution in [0.15, 0.2) is 66.8 Å². The third kappa shape index (κ3) is 4.83. The van der Waals surface area contributed by atoms with Crippen LogP contribution in [0.4, 0.5) is 4.39 Å². The summed E-state index contributed by atoms with van der Waals surface area (Å²) in [6.45, 7) is 4.76. The Morgan fingerprint density at radius 3 is 2.58 bits per heavy atom. The van der Waals surface area contributed by atoms with Crippen LogP contribution in [0.5, 0.6) is 5.75 Å². The van der Waals surface area contributed by atoms with Crippen molar-refractivity contribution in [3.8, 4) is 5.75 Å². The Kier molecular flexibility index (Phi) is 6.87. The molecule has 0 bridgehead atoms. The van der Waals surface area contributed by atoms with Crippen molar-refractivity contribution in [2.75, 3.05) is 33.8 Å². The van der Waals surface area contributed by atoms with Crippen LogP contribution in [0, 0.1) is 5.82 Å². The zero-order chi connectivity index (χ0) is 22.5. The van der Waals surface area contributed by atoms with Gasteiger partial charge in [-0.15, -0.1) is 0 Å². The number of aliphatic hydroxyl groups excluding tert-OH is 1. The summed E-state index contributed by atoms with van der Waals surface area (Å²) in [7, 11) is 3.74. The Bertz CT molecular complexity index is 1010. The molecule has 0 aliphatic carbocycles. The van der Waals surface area contributed by atoms with Crippen LogP contribution in [-0.4, -0.2) is 60.4 Å². The first-order valence-electron chi connectivity index (χ1n) is 9.86. The second-order valence-electron chi connectivity index (χ2n) is 7.47. The van der Waals surface area contributed by atoms with E-state index in [0.29, 0.717) is 31.0 Å². The summed E-state index contributed by atoms with van der Waals surface area (Å²) in [6, 6.07) is 11.4. The standard InChI is InChI=1S/C24H25FN2O4/c1-4-14-31-19-7-5-6-17(15-19)21-20(22(28)16-8-10-18(25)11-9-16)23(29)24(30)27(21)13-12-26(2)3/h4-11,15,21,28H,1,12-14H2,2-3H3/t21-/m1/s1. The molecule has 2 aromatic carbocycles. The fraction of sp³-hybridized carbons (Fsp3) is 0.250. The molecule has 7 heteroatoms. The van der Waals surface area contributed by atoms with Gasteiger partial charge in [0.15, 0.2) is 0 Å². The number of hydrogen-bond donors (Lipinski definition) is 1. The van der Waals surface area contributed by atoms with Crippen molar-refractivity contribution in [1.29, 1.82) is 0 Å². The molecule has 162 valence electrons. The minimum Gasteiger partial charge on any atom is -0.507 e.